The first-order valence-electron chi connectivity index (χ1n) is 15.0. The van der Waals surface area contributed by atoms with Crippen LogP contribution >= 0.6 is 11.6 Å². The first-order valence-corrected chi connectivity index (χ1v) is 17.2. The summed E-state index contributed by atoms with van der Waals surface area (Å²) in [6, 6.07) is 18.9. The molecule has 0 radical (unpaired) electrons. The molecule has 8 nitrogen and oxygen atoms in total. The molecule has 45 heavy (non-hydrogen) atoms. The van der Waals surface area contributed by atoms with Gasteiger partial charge in [-0.2, -0.15) is 0 Å². The minimum atomic E-state index is -3.49. The second-order valence-electron chi connectivity index (χ2n) is 11.1. The second kappa shape index (κ2) is 15.8. The minimum Gasteiger partial charge on any atom is -0.494 e. The van der Waals surface area contributed by atoms with Crippen LogP contribution in [0.25, 0.3) is 22.5 Å². The zero-order valence-electron chi connectivity index (χ0n) is 25.4. The van der Waals surface area contributed by atoms with Crippen LogP contribution in [0.1, 0.15) is 61.4 Å². The molecule has 0 fully saturated rings. The Morgan fingerprint density at radius 2 is 1.51 bits per heavy atom. The number of hydrogen-bond donors (Lipinski definition) is 1. The van der Waals surface area contributed by atoms with E-state index in [2.05, 4.69) is 16.9 Å². The SMILES string of the molecule is CCCCCCCOc1ccc(-c2cnc(-c3ccc(C[C@H](CC(=O)c4ccc(S(C)(=O)=O)cc4Cl)C(=O)O)cc3)nc2)cc1. The van der Waals surface area contributed by atoms with Gasteiger partial charge in [0.05, 0.1) is 22.4 Å². The number of sulfone groups is 1. The summed E-state index contributed by atoms with van der Waals surface area (Å²) in [5.41, 5.74) is 3.45. The van der Waals surface area contributed by atoms with Gasteiger partial charge in [-0.3, -0.25) is 9.59 Å². The number of nitrogens with zero attached hydrogens (tertiary/aromatic N) is 2. The van der Waals surface area contributed by atoms with E-state index >= 15 is 0 Å². The Kier molecular flexibility index (Phi) is 11.8. The van der Waals surface area contributed by atoms with Crippen LogP contribution in [0.5, 0.6) is 5.75 Å². The van der Waals surface area contributed by atoms with E-state index in [-0.39, 0.29) is 28.3 Å². The average molecular weight is 649 g/mol. The van der Waals surface area contributed by atoms with E-state index in [1.165, 1.54) is 43.9 Å². The highest BCUT2D eigenvalue weighted by atomic mass is 35.5. The highest BCUT2D eigenvalue weighted by molar-refractivity contribution is 7.90. The topological polar surface area (TPSA) is 124 Å². The molecule has 1 atom stereocenters. The zero-order chi connectivity index (χ0) is 32.4. The van der Waals surface area contributed by atoms with Crippen LogP contribution in [0.3, 0.4) is 0 Å². The van der Waals surface area contributed by atoms with E-state index in [0.29, 0.717) is 12.4 Å². The molecular formula is C35H37ClN2O6S. The molecule has 0 saturated carbocycles. The number of carbonyl (C=O) groups excluding carboxylic acids is 1. The molecule has 3 aromatic carbocycles. The molecule has 0 amide bonds. The Balaban J connectivity index is 1.34. The lowest BCUT2D eigenvalue weighted by molar-refractivity contribution is -0.141. The van der Waals surface area contributed by atoms with E-state index < -0.39 is 27.5 Å². The van der Waals surface area contributed by atoms with Gasteiger partial charge in [-0.05, 0) is 54.3 Å². The lowest BCUT2D eigenvalue weighted by Gasteiger charge is -2.13. The fraction of sp³-hybridized carbons (Fsp3) is 0.314. The summed E-state index contributed by atoms with van der Waals surface area (Å²) in [7, 11) is -3.49. The summed E-state index contributed by atoms with van der Waals surface area (Å²) in [6.07, 6.45) is 10.4. The van der Waals surface area contributed by atoms with Gasteiger partial charge in [0, 0.05) is 41.8 Å². The van der Waals surface area contributed by atoms with Crippen molar-refractivity contribution < 1.29 is 27.9 Å². The molecule has 0 saturated heterocycles. The van der Waals surface area contributed by atoms with Gasteiger partial charge in [0.15, 0.2) is 21.4 Å². The number of carbonyl (C=O) groups is 2. The van der Waals surface area contributed by atoms with Gasteiger partial charge in [0.1, 0.15) is 5.75 Å². The molecule has 4 rings (SSSR count). The highest BCUT2D eigenvalue weighted by Gasteiger charge is 2.24. The molecule has 0 aliphatic carbocycles. The number of halogens is 1. The van der Waals surface area contributed by atoms with Gasteiger partial charge < -0.3 is 9.84 Å². The van der Waals surface area contributed by atoms with Crippen LogP contribution in [-0.4, -0.2) is 48.1 Å². The van der Waals surface area contributed by atoms with Crippen LogP contribution in [0.15, 0.2) is 84.0 Å². The van der Waals surface area contributed by atoms with Gasteiger partial charge in [0.2, 0.25) is 0 Å². The third kappa shape index (κ3) is 9.70. The largest absolute Gasteiger partial charge is 0.494 e. The maximum absolute atomic E-state index is 12.9. The van der Waals surface area contributed by atoms with Crippen molar-refractivity contribution in [2.24, 2.45) is 5.92 Å². The van der Waals surface area contributed by atoms with Gasteiger partial charge in [-0.1, -0.05) is 80.6 Å². The van der Waals surface area contributed by atoms with Crippen molar-refractivity contribution in [3.8, 4) is 28.3 Å². The van der Waals surface area contributed by atoms with Crippen LogP contribution in [0.2, 0.25) is 5.02 Å². The predicted octanol–water partition coefficient (Wildman–Crippen LogP) is 7.73. The summed E-state index contributed by atoms with van der Waals surface area (Å²) in [5, 5.41) is 9.77. The number of Topliss-reactive ketones (excluding diaryl/α,β-unsaturated/α-hetero) is 1. The number of rotatable bonds is 16. The number of benzene rings is 3. The Bertz CT molecular complexity index is 1710. The Labute approximate surface area is 269 Å². The van der Waals surface area contributed by atoms with Crippen molar-refractivity contribution >= 4 is 33.2 Å². The first kappa shape index (κ1) is 33.8. The van der Waals surface area contributed by atoms with Crippen molar-refractivity contribution in [1.29, 1.82) is 0 Å². The number of carboxylic acids is 1. The zero-order valence-corrected chi connectivity index (χ0v) is 27.0. The molecule has 0 bridgehead atoms. The summed E-state index contributed by atoms with van der Waals surface area (Å²) in [4.78, 5) is 33.9. The third-order valence-electron chi connectivity index (χ3n) is 7.50. The van der Waals surface area contributed by atoms with Gasteiger partial charge in [-0.25, -0.2) is 18.4 Å². The van der Waals surface area contributed by atoms with Crippen molar-refractivity contribution in [3.05, 3.63) is 95.3 Å². The Hall–Kier alpha value is -4.08. The molecule has 0 spiro atoms. The van der Waals surface area contributed by atoms with Crippen molar-refractivity contribution in [2.75, 3.05) is 12.9 Å². The van der Waals surface area contributed by atoms with E-state index in [0.717, 1.165) is 40.7 Å². The van der Waals surface area contributed by atoms with E-state index in [1.807, 2.05) is 36.4 Å². The summed E-state index contributed by atoms with van der Waals surface area (Å²) in [5.74, 6) is -1.21. The minimum absolute atomic E-state index is 0.0135. The normalized spacial score (nSPS) is 12.1. The summed E-state index contributed by atoms with van der Waals surface area (Å²) >= 11 is 6.16. The molecular weight excluding hydrogens is 612 g/mol. The van der Waals surface area contributed by atoms with Crippen LogP contribution in [-0.2, 0) is 21.1 Å². The number of unbranched alkanes of at least 4 members (excludes halogenated alkanes) is 4. The molecule has 1 N–H and O–H groups in total. The second-order valence-corrected chi connectivity index (χ2v) is 13.5. The molecule has 236 valence electrons. The molecule has 0 aliphatic rings. The predicted molar refractivity (Wildman–Crippen MR) is 175 cm³/mol. The van der Waals surface area contributed by atoms with E-state index in [9.17, 15) is 23.1 Å². The standard InChI is InChI=1S/C35H37ClN2O6S/c1-3-4-5-6-7-18-44-29-14-12-25(13-15-29)28-22-37-34(38-23-28)26-10-8-24(9-11-26)19-27(35(40)41)20-33(39)31-17-16-30(21-32(31)36)45(2,42)43/h8-17,21-23,27H,3-7,18-20H2,1-2H3,(H,40,41)/t27-/m1/s1. The number of aromatic nitrogens is 2. The van der Waals surface area contributed by atoms with Gasteiger partial charge in [-0.15, -0.1) is 0 Å². The number of aliphatic carboxylic acids is 1. The van der Waals surface area contributed by atoms with Crippen LogP contribution in [0.4, 0.5) is 0 Å². The summed E-state index contributed by atoms with van der Waals surface area (Å²) < 4.78 is 29.4. The van der Waals surface area contributed by atoms with Crippen LogP contribution in [0, 0.1) is 5.92 Å². The van der Waals surface area contributed by atoms with E-state index in [4.69, 9.17) is 16.3 Å². The first-order chi connectivity index (χ1) is 21.5. The van der Waals surface area contributed by atoms with Gasteiger partial charge in [0.25, 0.3) is 0 Å². The average Bonchev–Trinajstić information content (AvgIpc) is 3.02. The number of ether oxygens (including phenoxy) is 1. The third-order valence-corrected chi connectivity index (χ3v) is 8.92. The fourth-order valence-electron chi connectivity index (χ4n) is 4.87. The highest BCUT2D eigenvalue weighted by Crippen LogP contribution is 2.26. The maximum atomic E-state index is 12.9. The monoisotopic (exact) mass is 648 g/mol. The lowest BCUT2D eigenvalue weighted by Crippen LogP contribution is -2.20. The number of hydrogen-bond acceptors (Lipinski definition) is 7. The Morgan fingerprint density at radius 1 is 0.867 bits per heavy atom. The van der Waals surface area contributed by atoms with Gasteiger partial charge >= 0.3 is 5.97 Å². The van der Waals surface area contributed by atoms with Crippen LogP contribution < -0.4 is 4.74 Å². The lowest BCUT2D eigenvalue weighted by atomic mass is 9.92. The molecule has 1 heterocycles. The maximum Gasteiger partial charge on any atom is 0.307 e. The van der Waals surface area contributed by atoms with E-state index in [1.54, 1.807) is 24.5 Å². The fourth-order valence-corrected chi connectivity index (χ4v) is 5.87. The van der Waals surface area contributed by atoms with Crippen molar-refractivity contribution in [3.63, 3.8) is 0 Å². The molecule has 0 unspecified atom stereocenters. The summed E-state index contributed by atoms with van der Waals surface area (Å²) in [6.45, 7) is 2.92. The number of ketones is 1. The smallest absolute Gasteiger partial charge is 0.307 e. The molecule has 10 heteroatoms. The Morgan fingerprint density at radius 3 is 2.11 bits per heavy atom. The molecule has 0 aliphatic heterocycles. The van der Waals surface area contributed by atoms with Crippen molar-refractivity contribution in [1.82, 2.24) is 9.97 Å². The molecule has 1 aromatic heterocycles. The molecule has 4 aromatic rings. The quantitative estimate of drug-likeness (QED) is 0.0967. The van der Waals surface area contributed by atoms with Crippen molar-refractivity contribution in [2.45, 2.75) is 56.8 Å². The number of carboxylic acid groups (broad SMARTS) is 1.